The van der Waals surface area contributed by atoms with Crippen LogP contribution >= 0.6 is 0 Å². The van der Waals surface area contributed by atoms with E-state index in [-0.39, 0.29) is 22.8 Å². The number of ether oxygens (including phenoxy) is 3. The van der Waals surface area contributed by atoms with E-state index in [1.165, 1.54) is 26.4 Å². The van der Waals surface area contributed by atoms with Gasteiger partial charge in [0.1, 0.15) is 35.2 Å². The first kappa shape index (κ1) is 20.9. The Labute approximate surface area is 174 Å². The van der Waals surface area contributed by atoms with Crippen molar-refractivity contribution in [3.05, 3.63) is 83.4 Å². The maximum Gasteiger partial charge on any atom is 0.178 e. The van der Waals surface area contributed by atoms with Crippen molar-refractivity contribution in [3.8, 4) is 23.0 Å². The van der Waals surface area contributed by atoms with Crippen molar-refractivity contribution in [1.29, 1.82) is 0 Å². The van der Waals surface area contributed by atoms with E-state index in [4.69, 9.17) is 14.2 Å². The molecular weight excluding hydrogens is 384 g/mol. The van der Waals surface area contributed by atoms with Crippen molar-refractivity contribution in [3.63, 3.8) is 0 Å². The molecule has 0 amide bonds. The number of carbonyl (C=O) groups is 2. The monoisotopic (exact) mass is 406 g/mol. The third-order valence-electron chi connectivity index (χ3n) is 4.54. The van der Waals surface area contributed by atoms with Gasteiger partial charge in [-0.15, -0.1) is 0 Å². The van der Waals surface area contributed by atoms with E-state index in [1.807, 2.05) is 30.3 Å². The van der Waals surface area contributed by atoms with E-state index in [9.17, 15) is 14.7 Å². The van der Waals surface area contributed by atoms with E-state index in [0.717, 1.165) is 5.56 Å². The maximum atomic E-state index is 12.6. The Morgan fingerprint density at radius 2 is 1.53 bits per heavy atom. The van der Waals surface area contributed by atoms with E-state index in [2.05, 4.69) is 0 Å². The van der Waals surface area contributed by atoms with E-state index in [0.29, 0.717) is 23.7 Å². The van der Waals surface area contributed by atoms with Gasteiger partial charge in [0.05, 0.1) is 20.6 Å². The van der Waals surface area contributed by atoms with Crippen LogP contribution < -0.4 is 14.2 Å². The zero-order valence-electron chi connectivity index (χ0n) is 16.8. The first-order valence-electron chi connectivity index (χ1n) is 9.30. The lowest BCUT2D eigenvalue weighted by molar-refractivity contribution is 0.0891. The number of ketones is 2. The predicted octanol–water partition coefficient (Wildman–Crippen LogP) is 4.44. The van der Waals surface area contributed by atoms with Crippen molar-refractivity contribution in [2.45, 2.75) is 13.0 Å². The van der Waals surface area contributed by atoms with Gasteiger partial charge >= 0.3 is 0 Å². The fourth-order valence-electron chi connectivity index (χ4n) is 2.95. The Bertz CT molecular complexity index is 1030. The molecule has 6 heteroatoms. The summed E-state index contributed by atoms with van der Waals surface area (Å²) in [4.78, 5) is 25.2. The average molecular weight is 406 g/mol. The van der Waals surface area contributed by atoms with Gasteiger partial charge in [-0.05, 0) is 29.8 Å². The SMILES string of the molecule is COc1cc(O)c(C(=O)CC(=O)c2ccc(OCc3ccccc3)cc2)c(OC)c1. The number of phenolic OH excluding ortho intramolecular Hbond substituents is 1. The summed E-state index contributed by atoms with van der Waals surface area (Å²) in [6.07, 6.45) is -0.402. The number of aromatic hydroxyl groups is 1. The maximum absolute atomic E-state index is 12.6. The van der Waals surface area contributed by atoms with Crippen molar-refractivity contribution in [2.24, 2.45) is 0 Å². The molecule has 0 bridgehead atoms. The predicted molar refractivity (Wildman–Crippen MR) is 112 cm³/mol. The number of methoxy groups -OCH3 is 2. The van der Waals surface area contributed by atoms with Gasteiger partial charge in [-0.25, -0.2) is 0 Å². The van der Waals surface area contributed by atoms with Crippen LogP contribution in [0.25, 0.3) is 0 Å². The van der Waals surface area contributed by atoms with Crippen LogP contribution in [0.3, 0.4) is 0 Å². The number of carbonyl (C=O) groups excluding carboxylic acids is 2. The minimum Gasteiger partial charge on any atom is -0.507 e. The van der Waals surface area contributed by atoms with Crippen molar-refractivity contribution < 1.29 is 28.9 Å². The summed E-state index contributed by atoms with van der Waals surface area (Å²) in [6.45, 7) is 0.420. The van der Waals surface area contributed by atoms with Crippen LogP contribution in [0.15, 0.2) is 66.7 Å². The second-order valence-corrected chi connectivity index (χ2v) is 6.55. The standard InChI is InChI=1S/C24H22O6/c1-28-19-12-21(26)24(23(13-19)29-2)22(27)14-20(25)17-8-10-18(11-9-17)30-15-16-6-4-3-5-7-16/h3-13,26H,14-15H2,1-2H3. The third kappa shape index (κ3) is 4.97. The highest BCUT2D eigenvalue weighted by atomic mass is 16.5. The van der Waals surface area contributed by atoms with Crippen LogP contribution in [-0.4, -0.2) is 30.9 Å². The highest BCUT2D eigenvalue weighted by Gasteiger charge is 2.22. The number of rotatable bonds is 9. The number of hydrogen-bond acceptors (Lipinski definition) is 6. The molecule has 0 aliphatic carbocycles. The summed E-state index contributed by atoms with van der Waals surface area (Å²) in [7, 11) is 2.81. The molecule has 3 rings (SSSR count). The fraction of sp³-hybridized carbons (Fsp3) is 0.167. The second-order valence-electron chi connectivity index (χ2n) is 6.55. The summed E-state index contributed by atoms with van der Waals surface area (Å²) in [5.41, 5.74) is 1.37. The summed E-state index contributed by atoms with van der Waals surface area (Å²) < 4.78 is 15.9. The van der Waals surface area contributed by atoms with E-state index < -0.39 is 12.2 Å². The van der Waals surface area contributed by atoms with Gasteiger partial charge in [0.15, 0.2) is 11.6 Å². The molecular formula is C24H22O6. The van der Waals surface area contributed by atoms with Gasteiger partial charge in [0.25, 0.3) is 0 Å². The smallest absolute Gasteiger partial charge is 0.178 e. The summed E-state index contributed by atoms with van der Waals surface area (Å²) >= 11 is 0. The van der Waals surface area contributed by atoms with Crippen LogP contribution in [0.4, 0.5) is 0 Å². The van der Waals surface area contributed by atoms with Crippen LogP contribution in [0.2, 0.25) is 0 Å². The molecule has 0 heterocycles. The van der Waals surface area contributed by atoms with Crippen LogP contribution in [0.1, 0.15) is 32.7 Å². The summed E-state index contributed by atoms with van der Waals surface area (Å²) in [6, 6.07) is 19.1. The lowest BCUT2D eigenvalue weighted by Gasteiger charge is -2.12. The highest BCUT2D eigenvalue weighted by molar-refractivity contribution is 6.15. The highest BCUT2D eigenvalue weighted by Crippen LogP contribution is 2.34. The lowest BCUT2D eigenvalue weighted by atomic mass is 10.00. The molecule has 30 heavy (non-hydrogen) atoms. The second kappa shape index (κ2) is 9.60. The molecule has 0 aromatic heterocycles. The molecule has 3 aromatic rings. The van der Waals surface area contributed by atoms with Crippen molar-refractivity contribution >= 4 is 11.6 Å². The van der Waals surface area contributed by atoms with Gasteiger partial charge in [-0.2, -0.15) is 0 Å². The van der Waals surface area contributed by atoms with Gasteiger partial charge < -0.3 is 19.3 Å². The van der Waals surface area contributed by atoms with E-state index >= 15 is 0 Å². The lowest BCUT2D eigenvalue weighted by Crippen LogP contribution is -2.10. The first-order chi connectivity index (χ1) is 14.5. The van der Waals surface area contributed by atoms with Crippen molar-refractivity contribution in [2.75, 3.05) is 14.2 Å². The molecule has 0 aliphatic heterocycles. The van der Waals surface area contributed by atoms with Gasteiger partial charge in [-0.3, -0.25) is 9.59 Å². The summed E-state index contributed by atoms with van der Waals surface area (Å²) in [5, 5.41) is 10.2. The number of phenols is 1. The van der Waals surface area contributed by atoms with Gasteiger partial charge in [0, 0.05) is 17.7 Å². The molecule has 0 atom stereocenters. The van der Waals surface area contributed by atoms with Crippen LogP contribution in [-0.2, 0) is 6.61 Å². The zero-order chi connectivity index (χ0) is 21.5. The number of hydrogen-bond donors (Lipinski definition) is 1. The first-order valence-corrected chi connectivity index (χ1v) is 9.30. The number of Topliss-reactive ketones (excluding diaryl/α,β-unsaturated/α-hetero) is 2. The molecule has 0 unspecified atom stereocenters. The van der Waals surface area contributed by atoms with Gasteiger partial charge in [-0.1, -0.05) is 30.3 Å². The molecule has 154 valence electrons. The largest absolute Gasteiger partial charge is 0.507 e. The molecule has 0 saturated heterocycles. The fourth-order valence-corrected chi connectivity index (χ4v) is 2.95. The molecule has 1 N–H and O–H groups in total. The van der Waals surface area contributed by atoms with Crippen LogP contribution in [0, 0.1) is 0 Å². The molecule has 6 nitrogen and oxygen atoms in total. The minimum absolute atomic E-state index is 0.0468. The molecule has 0 radical (unpaired) electrons. The Morgan fingerprint density at radius 3 is 2.17 bits per heavy atom. The molecule has 0 fully saturated rings. The van der Waals surface area contributed by atoms with E-state index in [1.54, 1.807) is 24.3 Å². The Kier molecular flexibility index (Phi) is 6.70. The Balaban J connectivity index is 1.66. The number of benzene rings is 3. The third-order valence-corrected chi connectivity index (χ3v) is 4.54. The van der Waals surface area contributed by atoms with Crippen LogP contribution in [0.5, 0.6) is 23.0 Å². The summed E-state index contributed by atoms with van der Waals surface area (Å²) in [5.74, 6) is -0.0919. The quantitative estimate of drug-likeness (QED) is 0.418. The van der Waals surface area contributed by atoms with Gasteiger partial charge in [0.2, 0.25) is 0 Å². The Morgan fingerprint density at radius 1 is 0.833 bits per heavy atom. The minimum atomic E-state index is -0.540. The zero-order valence-corrected chi connectivity index (χ0v) is 16.8. The molecule has 0 saturated carbocycles. The average Bonchev–Trinajstić information content (AvgIpc) is 2.77. The molecule has 0 spiro atoms. The topological polar surface area (TPSA) is 82.1 Å². The molecule has 3 aromatic carbocycles. The normalized spacial score (nSPS) is 10.3. The Hall–Kier alpha value is -3.80. The molecule has 0 aliphatic rings. The van der Waals surface area contributed by atoms with Crippen molar-refractivity contribution in [1.82, 2.24) is 0 Å².